The molecule has 11 heteroatoms. The number of aromatic nitrogens is 1. The third-order valence-electron chi connectivity index (χ3n) is 5.15. The summed E-state index contributed by atoms with van der Waals surface area (Å²) in [6.45, 7) is 0.251. The molecule has 0 radical (unpaired) electrons. The molecule has 1 aliphatic heterocycles. The molecule has 0 saturated heterocycles. The van der Waals surface area contributed by atoms with Crippen molar-refractivity contribution >= 4 is 23.3 Å². The van der Waals surface area contributed by atoms with E-state index in [0.717, 1.165) is 5.56 Å². The highest BCUT2D eigenvalue weighted by Crippen LogP contribution is 2.35. The zero-order chi connectivity index (χ0) is 24.5. The second-order valence-corrected chi connectivity index (χ2v) is 7.37. The molecule has 2 aromatic carbocycles. The number of alkyl halides is 3. The molecule has 1 aliphatic rings. The molecule has 1 aromatic heterocycles. The summed E-state index contributed by atoms with van der Waals surface area (Å²) in [5.74, 6) is -0.489. The van der Waals surface area contributed by atoms with Gasteiger partial charge in [0, 0.05) is 31.5 Å². The van der Waals surface area contributed by atoms with Crippen molar-refractivity contribution in [3.05, 3.63) is 77.4 Å². The van der Waals surface area contributed by atoms with Gasteiger partial charge in [-0.1, -0.05) is 0 Å². The van der Waals surface area contributed by atoms with Gasteiger partial charge in [-0.2, -0.15) is 13.2 Å². The Labute approximate surface area is 191 Å². The molecule has 2 heterocycles. The average Bonchev–Trinajstić information content (AvgIpc) is 3.23. The Bertz CT molecular complexity index is 1260. The van der Waals surface area contributed by atoms with Gasteiger partial charge in [0.25, 0.3) is 5.91 Å². The number of rotatable bonds is 4. The maximum absolute atomic E-state index is 14.0. The number of halogens is 4. The number of anilines is 2. The topological polar surface area (TPSA) is 83.6 Å². The third kappa shape index (κ3) is 4.77. The lowest BCUT2D eigenvalue weighted by Gasteiger charge is -2.19. The van der Waals surface area contributed by atoms with Gasteiger partial charge in [-0.3, -0.25) is 14.7 Å². The fourth-order valence-electron chi connectivity index (χ4n) is 3.50. The minimum absolute atomic E-state index is 0.186. The lowest BCUT2D eigenvalue weighted by molar-refractivity contribution is -0.137. The van der Waals surface area contributed by atoms with Crippen molar-refractivity contribution in [2.75, 3.05) is 23.8 Å². The van der Waals surface area contributed by atoms with Crippen molar-refractivity contribution in [3.8, 4) is 11.5 Å². The van der Waals surface area contributed by atoms with Crippen LogP contribution in [0.15, 0.2) is 54.7 Å². The molecule has 3 amide bonds. The van der Waals surface area contributed by atoms with Gasteiger partial charge in [-0.25, -0.2) is 9.18 Å². The summed E-state index contributed by atoms with van der Waals surface area (Å²) in [6, 6.07) is 9.09. The number of pyridine rings is 1. The van der Waals surface area contributed by atoms with E-state index in [4.69, 9.17) is 4.74 Å². The smallest absolute Gasteiger partial charge is 0.416 e. The number of nitrogens with zero attached hydrogens (tertiary/aromatic N) is 2. The van der Waals surface area contributed by atoms with Crippen LogP contribution in [-0.4, -0.2) is 30.5 Å². The predicted octanol–water partition coefficient (Wildman–Crippen LogP) is 4.99. The molecule has 0 spiro atoms. The van der Waals surface area contributed by atoms with Crippen LogP contribution in [0.2, 0.25) is 0 Å². The number of benzene rings is 2. The molecule has 176 valence electrons. The Morgan fingerprint density at radius 3 is 2.56 bits per heavy atom. The fraction of sp³-hybridized carbons (Fsp3) is 0.174. The van der Waals surface area contributed by atoms with Gasteiger partial charge in [0.1, 0.15) is 23.0 Å². The predicted molar refractivity (Wildman–Crippen MR) is 116 cm³/mol. The number of ether oxygens (including phenoxy) is 1. The van der Waals surface area contributed by atoms with Crippen LogP contribution in [-0.2, 0) is 12.6 Å². The van der Waals surface area contributed by atoms with Crippen LogP contribution in [0.1, 0.15) is 21.6 Å². The standard InChI is InChI=1S/C23H18F4N4O3/c1-28-21(32)19-12-16(6-8-29-19)34-15-3-5-20-13(10-15)7-9-31(20)22(33)30-18-11-14(23(25,26)27)2-4-17(18)24/h2-6,8,10-12H,7,9H2,1H3,(H,28,32)(H,30,33). The summed E-state index contributed by atoms with van der Waals surface area (Å²) in [5, 5.41) is 4.69. The second kappa shape index (κ2) is 9.00. The van der Waals surface area contributed by atoms with E-state index in [1.165, 1.54) is 24.2 Å². The average molecular weight is 474 g/mol. The number of amides is 3. The lowest BCUT2D eigenvalue weighted by Crippen LogP contribution is -2.33. The van der Waals surface area contributed by atoms with Crippen LogP contribution in [0, 0.1) is 5.82 Å². The molecule has 0 aliphatic carbocycles. The van der Waals surface area contributed by atoms with Crippen molar-refractivity contribution in [1.29, 1.82) is 0 Å². The van der Waals surface area contributed by atoms with Crippen LogP contribution in [0.25, 0.3) is 0 Å². The van der Waals surface area contributed by atoms with Gasteiger partial charge in [0.15, 0.2) is 0 Å². The number of hydrogen-bond acceptors (Lipinski definition) is 4. The zero-order valence-corrected chi connectivity index (χ0v) is 17.7. The Morgan fingerprint density at radius 2 is 1.82 bits per heavy atom. The molecule has 0 atom stereocenters. The largest absolute Gasteiger partial charge is 0.457 e. The van der Waals surface area contributed by atoms with Gasteiger partial charge >= 0.3 is 12.2 Å². The molecule has 3 aromatic rings. The molecule has 2 N–H and O–H groups in total. The molecular weight excluding hydrogens is 456 g/mol. The third-order valence-corrected chi connectivity index (χ3v) is 5.15. The highest BCUT2D eigenvalue weighted by atomic mass is 19.4. The molecule has 0 unspecified atom stereocenters. The van der Waals surface area contributed by atoms with Crippen LogP contribution in [0.3, 0.4) is 0 Å². The summed E-state index contributed by atoms with van der Waals surface area (Å²) in [4.78, 5) is 29.7. The normalized spacial score (nSPS) is 12.8. The molecule has 0 fully saturated rings. The van der Waals surface area contributed by atoms with Gasteiger partial charge in [-0.15, -0.1) is 0 Å². The van der Waals surface area contributed by atoms with Gasteiger partial charge in [0.05, 0.1) is 11.3 Å². The molecule has 0 bridgehead atoms. The second-order valence-electron chi connectivity index (χ2n) is 7.37. The van der Waals surface area contributed by atoms with Crippen molar-refractivity contribution < 1.29 is 31.9 Å². The minimum Gasteiger partial charge on any atom is -0.457 e. The Balaban J connectivity index is 1.50. The van der Waals surface area contributed by atoms with Gasteiger partial charge < -0.3 is 15.4 Å². The van der Waals surface area contributed by atoms with Gasteiger partial charge in [0.2, 0.25) is 0 Å². The summed E-state index contributed by atoms with van der Waals surface area (Å²) in [7, 11) is 1.49. The van der Waals surface area contributed by atoms with Crippen molar-refractivity contribution in [2.24, 2.45) is 0 Å². The maximum atomic E-state index is 14.0. The first-order valence-corrected chi connectivity index (χ1v) is 10.1. The van der Waals surface area contributed by atoms with Crippen molar-refractivity contribution in [1.82, 2.24) is 10.3 Å². The number of urea groups is 1. The van der Waals surface area contributed by atoms with Crippen LogP contribution >= 0.6 is 0 Å². The monoisotopic (exact) mass is 474 g/mol. The zero-order valence-electron chi connectivity index (χ0n) is 17.7. The van der Waals surface area contributed by atoms with E-state index in [0.29, 0.717) is 41.8 Å². The van der Waals surface area contributed by atoms with Crippen molar-refractivity contribution in [2.45, 2.75) is 12.6 Å². The van der Waals surface area contributed by atoms with Crippen LogP contribution in [0.4, 0.5) is 33.7 Å². The molecule has 0 saturated carbocycles. The summed E-state index contributed by atoms with van der Waals surface area (Å²) in [5.41, 5.74) is -0.150. The SMILES string of the molecule is CNC(=O)c1cc(Oc2ccc3c(c2)CCN3C(=O)Nc2cc(C(F)(F)F)ccc2F)ccn1. The summed E-state index contributed by atoms with van der Waals surface area (Å²) in [6.07, 6.45) is -2.77. The van der Waals surface area contributed by atoms with E-state index in [2.05, 4.69) is 15.6 Å². The minimum atomic E-state index is -4.67. The highest BCUT2D eigenvalue weighted by molar-refractivity contribution is 6.03. The molecule has 4 rings (SSSR count). The number of carbonyl (C=O) groups is 2. The van der Waals surface area contributed by atoms with E-state index in [1.54, 1.807) is 24.3 Å². The summed E-state index contributed by atoms with van der Waals surface area (Å²) < 4.78 is 58.6. The number of hydrogen-bond donors (Lipinski definition) is 2. The summed E-state index contributed by atoms with van der Waals surface area (Å²) >= 11 is 0. The van der Waals surface area contributed by atoms with Crippen LogP contribution < -0.4 is 20.3 Å². The number of carbonyl (C=O) groups excluding carboxylic acids is 2. The van der Waals surface area contributed by atoms with E-state index >= 15 is 0 Å². The Morgan fingerprint density at radius 1 is 1.06 bits per heavy atom. The first kappa shape index (κ1) is 23.0. The number of nitrogens with one attached hydrogen (secondary N) is 2. The lowest BCUT2D eigenvalue weighted by atomic mass is 10.1. The first-order chi connectivity index (χ1) is 16.2. The molecule has 34 heavy (non-hydrogen) atoms. The fourth-order valence-corrected chi connectivity index (χ4v) is 3.50. The first-order valence-electron chi connectivity index (χ1n) is 10.1. The molecule has 7 nitrogen and oxygen atoms in total. The maximum Gasteiger partial charge on any atom is 0.416 e. The number of fused-ring (bicyclic) bond motifs is 1. The molecular formula is C23H18F4N4O3. The van der Waals surface area contributed by atoms with Crippen molar-refractivity contribution in [3.63, 3.8) is 0 Å². The quantitative estimate of drug-likeness (QED) is 0.522. The Kier molecular flexibility index (Phi) is 6.10. The van der Waals surface area contributed by atoms with Crippen LogP contribution in [0.5, 0.6) is 11.5 Å². The van der Waals surface area contributed by atoms with E-state index in [-0.39, 0.29) is 18.1 Å². The van der Waals surface area contributed by atoms with Gasteiger partial charge in [-0.05, 0) is 54.4 Å². The van der Waals surface area contributed by atoms with E-state index in [9.17, 15) is 27.2 Å². The Hall–Kier alpha value is -4.15. The van der Waals surface area contributed by atoms with E-state index in [1.807, 2.05) is 0 Å². The van der Waals surface area contributed by atoms with E-state index < -0.39 is 29.3 Å². The highest BCUT2D eigenvalue weighted by Gasteiger charge is 2.32.